The summed E-state index contributed by atoms with van der Waals surface area (Å²) < 4.78 is 12.0. The van der Waals surface area contributed by atoms with E-state index in [4.69, 9.17) is 44.6 Å². The molecule has 1 aromatic carbocycles. The lowest BCUT2D eigenvalue weighted by molar-refractivity contribution is 0.0233. The summed E-state index contributed by atoms with van der Waals surface area (Å²) in [5.41, 5.74) is 0.913. The number of likely N-dealkylation sites (tertiary alicyclic amines) is 1. The average molecular weight is 580 g/mol. The van der Waals surface area contributed by atoms with Crippen LogP contribution in [0.15, 0.2) is 33.5 Å². The van der Waals surface area contributed by atoms with Crippen molar-refractivity contribution < 1.29 is 13.9 Å². The second-order valence-electron chi connectivity index (χ2n) is 9.96. The summed E-state index contributed by atoms with van der Waals surface area (Å²) in [7, 11) is 1.51. The molecule has 1 amide bonds. The minimum Gasteiger partial charge on any atom is -0.444 e. The normalized spacial score (nSPS) is 15.6. The lowest BCUT2D eigenvalue weighted by Gasteiger charge is -2.34. The van der Waals surface area contributed by atoms with E-state index in [1.807, 2.05) is 31.7 Å². The number of amides is 1. The fourth-order valence-corrected chi connectivity index (χ4v) is 5.33. The van der Waals surface area contributed by atoms with Gasteiger partial charge in [-0.2, -0.15) is 4.68 Å². The Morgan fingerprint density at radius 3 is 2.55 bits per heavy atom. The summed E-state index contributed by atoms with van der Waals surface area (Å²) in [6.07, 6.45) is 1.18. The van der Waals surface area contributed by atoms with Gasteiger partial charge in [0.05, 0.1) is 11.6 Å². The number of thiocarbonyl (C=S) groups is 1. The van der Waals surface area contributed by atoms with Gasteiger partial charge in [0, 0.05) is 31.4 Å². The van der Waals surface area contributed by atoms with E-state index in [-0.39, 0.29) is 33.3 Å². The topological polar surface area (TPSA) is 107 Å². The summed E-state index contributed by atoms with van der Waals surface area (Å²) >= 11 is 18.9. The molecule has 2 aromatic heterocycles. The van der Waals surface area contributed by atoms with E-state index in [9.17, 15) is 9.59 Å². The van der Waals surface area contributed by atoms with Crippen LogP contribution >= 0.6 is 35.4 Å². The van der Waals surface area contributed by atoms with Gasteiger partial charge in [-0.15, -0.1) is 5.10 Å². The van der Waals surface area contributed by atoms with Crippen molar-refractivity contribution in [2.75, 3.05) is 18.0 Å². The van der Waals surface area contributed by atoms with E-state index in [1.54, 1.807) is 30.0 Å². The van der Waals surface area contributed by atoms with Crippen molar-refractivity contribution in [3.05, 3.63) is 56.5 Å². The predicted molar refractivity (Wildman–Crippen MR) is 149 cm³/mol. The second-order valence-corrected chi connectivity index (χ2v) is 11.1. The highest BCUT2D eigenvalue weighted by Gasteiger charge is 2.35. The molecule has 202 valence electrons. The zero-order chi connectivity index (χ0) is 27.8. The number of halogens is 2. The lowest BCUT2D eigenvalue weighted by atomic mass is 10.1. The minimum absolute atomic E-state index is 0.125. The fraction of sp³-hybridized carbons (Fsp3) is 0.440. The molecule has 4 rings (SSSR count). The van der Waals surface area contributed by atoms with Crippen LogP contribution < -0.4 is 10.7 Å². The van der Waals surface area contributed by atoms with Crippen LogP contribution in [0.2, 0.25) is 10.3 Å². The van der Waals surface area contributed by atoms with Gasteiger partial charge in [-0.05, 0) is 58.7 Å². The molecule has 1 aliphatic rings. The Hall–Kier alpha value is -3.02. The van der Waals surface area contributed by atoms with Crippen molar-refractivity contribution in [2.24, 2.45) is 7.05 Å². The summed E-state index contributed by atoms with van der Waals surface area (Å²) in [5, 5.41) is 4.40. The summed E-state index contributed by atoms with van der Waals surface area (Å²) in [6.45, 7) is 8.08. The van der Waals surface area contributed by atoms with Crippen LogP contribution in [0.4, 0.5) is 10.5 Å². The van der Waals surface area contributed by atoms with E-state index >= 15 is 0 Å². The number of nitrogens with zero attached hydrogens (tertiary/aromatic N) is 6. The molecule has 0 saturated carbocycles. The Kier molecular flexibility index (Phi) is 8.10. The quantitative estimate of drug-likeness (QED) is 0.304. The summed E-state index contributed by atoms with van der Waals surface area (Å²) in [5.74, 6) is 0.000443. The number of carbonyl (C=O) groups is 1. The molecule has 0 radical (unpaired) electrons. The Morgan fingerprint density at radius 1 is 1.26 bits per heavy atom. The molecule has 3 aromatic rings. The third-order valence-corrected chi connectivity index (χ3v) is 6.86. The highest BCUT2D eigenvalue weighted by Crippen LogP contribution is 2.31. The Labute approximate surface area is 235 Å². The first kappa shape index (κ1) is 28.0. The van der Waals surface area contributed by atoms with E-state index in [0.29, 0.717) is 35.7 Å². The molecule has 0 N–H and O–H groups in total. The molecule has 0 aliphatic carbocycles. The van der Waals surface area contributed by atoms with Crippen LogP contribution in [0.1, 0.15) is 45.0 Å². The van der Waals surface area contributed by atoms with Crippen LogP contribution in [0, 0.1) is 6.92 Å². The number of anilines is 1. The van der Waals surface area contributed by atoms with Gasteiger partial charge in [-0.1, -0.05) is 41.5 Å². The van der Waals surface area contributed by atoms with Gasteiger partial charge >= 0.3 is 11.8 Å². The molecule has 13 heteroatoms. The van der Waals surface area contributed by atoms with Crippen LogP contribution in [0.5, 0.6) is 0 Å². The maximum atomic E-state index is 13.0. The molecule has 3 heterocycles. The molecule has 1 saturated heterocycles. The van der Waals surface area contributed by atoms with Crippen molar-refractivity contribution in [1.82, 2.24) is 24.6 Å². The first-order valence-corrected chi connectivity index (χ1v) is 13.2. The molecule has 10 nitrogen and oxygen atoms in total. The van der Waals surface area contributed by atoms with Gasteiger partial charge in [-0.3, -0.25) is 0 Å². The fourth-order valence-electron chi connectivity index (χ4n) is 4.19. The number of aromatic nitrogens is 4. The lowest BCUT2D eigenvalue weighted by Crippen LogP contribution is -2.47. The van der Waals surface area contributed by atoms with Crippen LogP contribution in [-0.2, 0) is 11.8 Å². The molecular weight excluding hydrogens is 551 g/mol. The molecule has 1 atom stereocenters. The van der Waals surface area contributed by atoms with Crippen LogP contribution in [-0.4, -0.2) is 60.5 Å². The number of carbonyl (C=O) groups excluding carboxylic acids is 1. The Bertz CT molecular complexity index is 1410. The molecule has 1 fully saturated rings. The van der Waals surface area contributed by atoms with Gasteiger partial charge in [0.15, 0.2) is 0 Å². The summed E-state index contributed by atoms with van der Waals surface area (Å²) in [6, 6.07) is 7.00. The zero-order valence-electron chi connectivity index (χ0n) is 21.7. The van der Waals surface area contributed by atoms with Crippen molar-refractivity contribution in [1.29, 1.82) is 0 Å². The molecule has 0 unspecified atom stereocenters. The summed E-state index contributed by atoms with van der Waals surface area (Å²) in [4.78, 5) is 37.2. The highest BCUT2D eigenvalue weighted by atomic mass is 35.5. The number of aryl methyl sites for hydroxylation is 2. The average Bonchev–Trinajstić information content (AvgIpc) is 3.42. The number of hydrogen-bond donors (Lipinski definition) is 0. The highest BCUT2D eigenvalue weighted by molar-refractivity contribution is 7.81. The number of ether oxygens (including phenoxy) is 1. The first-order chi connectivity index (χ1) is 17.8. The van der Waals surface area contributed by atoms with Crippen LogP contribution in [0.3, 0.4) is 0 Å². The molecule has 0 bridgehead atoms. The van der Waals surface area contributed by atoms with Crippen LogP contribution in [0.25, 0.3) is 11.5 Å². The first-order valence-electron chi connectivity index (χ1n) is 12.0. The van der Waals surface area contributed by atoms with E-state index in [2.05, 4.69) is 15.1 Å². The zero-order valence-corrected chi connectivity index (χ0v) is 24.0. The molecule has 1 aliphatic heterocycles. The van der Waals surface area contributed by atoms with Gasteiger partial charge in [-0.25, -0.2) is 19.6 Å². The largest absolute Gasteiger partial charge is 0.444 e. The third-order valence-electron chi connectivity index (χ3n) is 5.88. The van der Waals surface area contributed by atoms with Gasteiger partial charge in [0.2, 0.25) is 5.89 Å². The monoisotopic (exact) mass is 578 g/mol. The van der Waals surface area contributed by atoms with Crippen molar-refractivity contribution in [2.45, 2.75) is 52.2 Å². The molecule has 38 heavy (non-hydrogen) atoms. The van der Waals surface area contributed by atoms with E-state index < -0.39 is 11.4 Å². The molecule has 0 spiro atoms. The van der Waals surface area contributed by atoms with Gasteiger partial charge in [0.25, 0.3) is 0 Å². The standard InChI is InChI=1S/C25H28Cl2N6O4S/c1-14-28-19(26)18(20(27)29-14)22(38)33(13-17-10-7-11-32(17)24(35)37-25(2,3)4)16-9-6-8-15(12-16)21-30-31(5)23(34)36-21/h6,8-9,12,17H,7,10-11,13H2,1-5H3/t17-/m0/s1. The number of hydrogen-bond acceptors (Lipinski definition) is 8. The van der Waals surface area contributed by atoms with E-state index in [1.165, 1.54) is 7.05 Å². The predicted octanol–water partition coefficient (Wildman–Crippen LogP) is 5.03. The number of rotatable bonds is 5. The Balaban J connectivity index is 1.75. The van der Waals surface area contributed by atoms with E-state index in [0.717, 1.165) is 17.5 Å². The minimum atomic E-state index is -0.625. The maximum Gasteiger partial charge on any atom is 0.437 e. The van der Waals surface area contributed by atoms with Crippen molar-refractivity contribution in [3.8, 4) is 11.5 Å². The smallest absolute Gasteiger partial charge is 0.437 e. The van der Waals surface area contributed by atoms with Gasteiger partial charge in [0.1, 0.15) is 26.7 Å². The second kappa shape index (κ2) is 11.0. The Morgan fingerprint density at radius 2 is 1.95 bits per heavy atom. The van der Waals surface area contributed by atoms with Crippen molar-refractivity contribution >= 4 is 52.2 Å². The molecular formula is C25H28Cl2N6O4S. The SMILES string of the molecule is Cc1nc(Cl)c(C(=S)N(C[C@@H]2CCCN2C(=O)OC(C)(C)C)c2cccc(-c3nn(C)c(=O)o3)c2)c(Cl)n1. The van der Waals surface area contributed by atoms with Crippen molar-refractivity contribution in [3.63, 3.8) is 0 Å². The van der Waals surface area contributed by atoms with Gasteiger partial charge < -0.3 is 19.0 Å². The number of benzene rings is 1. The maximum absolute atomic E-state index is 13.0. The third kappa shape index (κ3) is 6.16.